The molecule has 0 amide bonds. The van der Waals surface area contributed by atoms with Gasteiger partial charge in [0.2, 0.25) is 10.0 Å². The Kier molecular flexibility index (Phi) is 5.09. The largest absolute Gasteiger partial charge is 0.480 e. The first kappa shape index (κ1) is 16.4. The van der Waals surface area contributed by atoms with Crippen molar-refractivity contribution in [2.45, 2.75) is 11.8 Å². The van der Waals surface area contributed by atoms with Gasteiger partial charge in [-0.1, -0.05) is 11.6 Å². The third-order valence-corrected chi connectivity index (χ3v) is 4.34. The molecule has 0 spiro atoms. The van der Waals surface area contributed by atoms with E-state index in [2.05, 4.69) is 4.74 Å². The molecule has 0 bridgehead atoms. The molecule has 1 aromatic rings. The minimum atomic E-state index is -4.10. The highest BCUT2D eigenvalue weighted by Crippen LogP contribution is 2.25. The van der Waals surface area contributed by atoms with Crippen LogP contribution in [0.4, 0.5) is 0 Å². The summed E-state index contributed by atoms with van der Waals surface area (Å²) in [4.78, 5) is 21.6. The fraction of sp³-hybridized carbons (Fsp3) is 0.273. The SMILES string of the molecule is COC(=O)c1cc(Cl)c(C)c(S(=O)(=O)NCC(=O)O)c1. The maximum Gasteiger partial charge on any atom is 0.337 e. The van der Waals surface area contributed by atoms with Crippen molar-refractivity contribution in [1.82, 2.24) is 4.72 Å². The van der Waals surface area contributed by atoms with Gasteiger partial charge in [-0.25, -0.2) is 13.2 Å². The predicted molar refractivity (Wildman–Crippen MR) is 70.4 cm³/mol. The second-order valence-corrected chi connectivity index (χ2v) is 5.93. The Hall–Kier alpha value is -1.64. The number of carbonyl (C=O) groups excluding carboxylic acids is 1. The van der Waals surface area contributed by atoms with E-state index >= 15 is 0 Å². The number of methoxy groups -OCH3 is 1. The molecule has 0 aromatic heterocycles. The van der Waals surface area contributed by atoms with Gasteiger partial charge in [0.1, 0.15) is 6.54 Å². The van der Waals surface area contributed by atoms with Gasteiger partial charge in [-0.2, -0.15) is 4.72 Å². The molecule has 0 aliphatic heterocycles. The van der Waals surface area contributed by atoms with Crippen LogP contribution in [0.3, 0.4) is 0 Å². The molecule has 0 saturated heterocycles. The number of halogens is 1. The highest BCUT2D eigenvalue weighted by Gasteiger charge is 2.22. The number of benzene rings is 1. The van der Waals surface area contributed by atoms with E-state index < -0.39 is 28.5 Å². The fourth-order valence-electron chi connectivity index (χ4n) is 1.40. The molecule has 0 unspecified atom stereocenters. The highest BCUT2D eigenvalue weighted by molar-refractivity contribution is 7.89. The molecule has 20 heavy (non-hydrogen) atoms. The Balaban J connectivity index is 3.33. The summed E-state index contributed by atoms with van der Waals surface area (Å²) in [6.45, 7) is 0.667. The standard InChI is InChI=1S/C11H12ClNO6S/c1-6-8(12)3-7(11(16)19-2)4-9(6)20(17,18)13-5-10(14)15/h3-4,13H,5H2,1-2H3,(H,14,15). The van der Waals surface area contributed by atoms with Crippen molar-refractivity contribution in [3.05, 3.63) is 28.3 Å². The molecule has 0 fully saturated rings. The van der Waals surface area contributed by atoms with Gasteiger partial charge in [-0.05, 0) is 24.6 Å². The third kappa shape index (κ3) is 3.69. The number of rotatable bonds is 5. The first-order valence-electron chi connectivity index (χ1n) is 5.29. The number of carboxylic acids is 1. The number of esters is 1. The molecule has 110 valence electrons. The van der Waals surface area contributed by atoms with Crippen LogP contribution in [0.2, 0.25) is 5.02 Å². The first-order chi connectivity index (χ1) is 9.19. The maximum atomic E-state index is 12.0. The number of carbonyl (C=O) groups is 2. The summed E-state index contributed by atoms with van der Waals surface area (Å²) in [5, 5.41) is 8.56. The minimum Gasteiger partial charge on any atom is -0.480 e. The first-order valence-corrected chi connectivity index (χ1v) is 7.15. The van der Waals surface area contributed by atoms with Crippen LogP contribution in [0.5, 0.6) is 0 Å². The van der Waals surface area contributed by atoms with Crippen LogP contribution in [0.25, 0.3) is 0 Å². The van der Waals surface area contributed by atoms with Crippen molar-refractivity contribution < 1.29 is 27.9 Å². The average Bonchev–Trinajstić information content (AvgIpc) is 2.38. The zero-order chi connectivity index (χ0) is 15.5. The van der Waals surface area contributed by atoms with Crippen molar-refractivity contribution in [3.8, 4) is 0 Å². The normalized spacial score (nSPS) is 11.2. The summed E-state index contributed by atoms with van der Waals surface area (Å²) in [5.41, 5.74) is 0.163. The lowest BCUT2D eigenvalue weighted by Gasteiger charge is -2.11. The van der Waals surface area contributed by atoms with E-state index in [0.29, 0.717) is 0 Å². The Morgan fingerprint density at radius 1 is 1.40 bits per heavy atom. The Morgan fingerprint density at radius 2 is 2.00 bits per heavy atom. The van der Waals surface area contributed by atoms with E-state index in [1.807, 2.05) is 4.72 Å². The summed E-state index contributed by atoms with van der Waals surface area (Å²) in [7, 11) is -2.95. The van der Waals surface area contributed by atoms with E-state index in [9.17, 15) is 18.0 Å². The van der Waals surface area contributed by atoms with Gasteiger partial charge in [0.25, 0.3) is 0 Å². The van der Waals surface area contributed by atoms with E-state index in [-0.39, 0.29) is 21.0 Å². The molecule has 1 rings (SSSR count). The Bertz CT molecular complexity index is 655. The molecule has 0 atom stereocenters. The summed E-state index contributed by atoms with van der Waals surface area (Å²) >= 11 is 5.87. The number of hydrogen-bond acceptors (Lipinski definition) is 5. The smallest absolute Gasteiger partial charge is 0.337 e. The van der Waals surface area contributed by atoms with E-state index in [4.69, 9.17) is 16.7 Å². The number of sulfonamides is 1. The lowest BCUT2D eigenvalue weighted by Crippen LogP contribution is -2.30. The van der Waals surface area contributed by atoms with Crippen molar-refractivity contribution in [2.24, 2.45) is 0 Å². The van der Waals surface area contributed by atoms with Crippen LogP contribution in [0.15, 0.2) is 17.0 Å². The summed E-state index contributed by atoms with van der Waals surface area (Å²) in [6.07, 6.45) is 0. The molecule has 7 nitrogen and oxygen atoms in total. The Morgan fingerprint density at radius 3 is 2.50 bits per heavy atom. The van der Waals surface area contributed by atoms with Crippen molar-refractivity contribution in [3.63, 3.8) is 0 Å². The number of aliphatic carboxylic acids is 1. The molecule has 0 radical (unpaired) electrons. The van der Waals surface area contributed by atoms with Gasteiger partial charge in [0.15, 0.2) is 0 Å². The molecular formula is C11H12ClNO6S. The van der Waals surface area contributed by atoms with Crippen molar-refractivity contribution in [1.29, 1.82) is 0 Å². The molecule has 0 saturated carbocycles. The minimum absolute atomic E-state index is 0.0428. The quantitative estimate of drug-likeness (QED) is 0.776. The van der Waals surface area contributed by atoms with Crippen LogP contribution < -0.4 is 4.72 Å². The molecule has 9 heteroatoms. The van der Waals surface area contributed by atoms with Crippen LogP contribution in [-0.2, 0) is 19.6 Å². The molecule has 0 aliphatic carbocycles. The molecular weight excluding hydrogens is 310 g/mol. The fourth-order valence-corrected chi connectivity index (χ4v) is 2.94. The number of carboxylic acid groups (broad SMARTS) is 1. The lowest BCUT2D eigenvalue weighted by molar-refractivity contribution is -0.135. The van der Waals surface area contributed by atoms with Gasteiger partial charge >= 0.3 is 11.9 Å². The molecule has 0 aliphatic rings. The van der Waals surface area contributed by atoms with Crippen LogP contribution in [0, 0.1) is 6.92 Å². The van der Waals surface area contributed by atoms with Crippen molar-refractivity contribution in [2.75, 3.05) is 13.7 Å². The predicted octanol–water partition coefficient (Wildman–Crippen LogP) is 0.798. The molecule has 2 N–H and O–H groups in total. The monoisotopic (exact) mass is 321 g/mol. The number of hydrogen-bond donors (Lipinski definition) is 2. The van der Waals surface area contributed by atoms with Gasteiger partial charge in [-0.15, -0.1) is 0 Å². The van der Waals surface area contributed by atoms with Crippen LogP contribution >= 0.6 is 11.6 Å². The van der Waals surface area contributed by atoms with Gasteiger partial charge < -0.3 is 9.84 Å². The molecule has 0 heterocycles. The average molecular weight is 322 g/mol. The number of ether oxygens (including phenoxy) is 1. The van der Waals surface area contributed by atoms with Crippen molar-refractivity contribution >= 4 is 33.6 Å². The van der Waals surface area contributed by atoms with E-state index in [1.54, 1.807) is 0 Å². The topological polar surface area (TPSA) is 110 Å². The highest BCUT2D eigenvalue weighted by atomic mass is 35.5. The zero-order valence-electron chi connectivity index (χ0n) is 10.6. The van der Waals surface area contributed by atoms with E-state index in [1.165, 1.54) is 13.0 Å². The molecule has 1 aromatic carbocycles. The maximum absolute atomic E-state index is 12.0. The summed E-state index contributed by atoms with van der Waals surface area (Å²) < 4.78 is 30.4. The lowest BCUT2D eigenvalue weighted by atomic mass is 10.1. The second kappa shape index (κ2) is 6.21. The Labute approximate surface area is 120 Å². The summed E-state index contributed by atoms with van der Waals surface area (Å²) in [5.74, 6) is -2.08. The van der Waals surface area contributed by atoms with Gasteiger partial charge in [0.05, 0.1) is 17.6 Å². The van der Waals surface area contributed by atoms with Gasteiger partial charge in [-0.3, -0.25) is 4.79 Å². The zero-order valence-corrected chi connectivity index (χ0v) is 12.2. The van der Waals surface area contributed by atoms with Gasteiger partial charge in [0, 0.05) is 5.02 Å². The summed E-state index contributed by atoms with van der Waals surface area (Å²) in [6, 6.07) is 2.36. The third-order valence-electron chi connectivity index (χ3n) is 2.42. The number of nitrogens with one attached hydrogen (secondary N) is 1. The van der Waals surface area contributed by atoms with Crippen LogP contribution in [-0.4, -0.2) is 39.1 Å². The van der Waals surface area contributed by atoms with Crippen LogP contribution in [0.1, 0.15) is 15.9 Å². The van der Waals surface area contributed by atoms with E-state index in [0.717, 1.165) is 13.2 Å². The second-order valence-electron chi connectivity index (χ2n) is 3.79.